The van der Waals surface area contributed by atoms with E-state index < -0.39 is 0 Å². The van der Waals surface area contributed by atoms with E-state index in [9.17, 15) is 4.39 Å². The Labute approximate surface area is 97.2 Å². The van der Waals surface area contributed by atoms with Crippen LogP contribution in [-0.4, -0.2) is 6.54 Å². The van der Waals surface area contributed by atoms with Crippen molar-refractivity contribution in [3.8, 4) is 0 Å². The van der Waals surface area contributed by atoms with Crippen molar-refractivity contribution in [3.05, 3.63) is 41.2 Å². The molecule has 0 amide bonds. The van der Waals surface area contributed by atoms with Crippen LogP contribution in [0.5, 0.6) is 0 Å². The Morgan fingerprint density at radius 1 is 1.44 bits per heavy atom. The molecule has 0 radical (unpaired) electrons. The highest BCUT2D eigenvalue weighted by atomic mass is 19.1. The summed E-state index contributed by atoms with van der Waals surface area (Å²) in [7, 11) is 0. The van der Waals surface area contributed by atoms with E-state index in [1.54, 1.807) is 6.92 Å². The minimum Gasteiger partial charge on any atom is -0.330 e. The number of aryl methyl sites for hydroxylation is 1. The fourth-order valence-corrected chi connectivity index (χ4v) is 1.75. The summed E-state index contributed by atoms with van der Waals surface area (Å²) < 4.78 is 13.2. The molecule has 0 saturated carbocycles. The fourth-order valence-electron chi connectivity index (χ4n) is 1.75. The van der Waals surface area contributed by atoms with E-state index in [0.29, 0.717) is 18.0 Å². The molecule has 0 bridgehead atoms. The smallest absolute Gasteiger partial charge is 0.126 e. The van der Waals surface area contributed by atoms with Crippen molar-refractivity contribution in [2.24, 2.45) is 11.7 Å². The van der Waals surface area contributed by atoms with Gasteiger partial charge in [-0.2, -0.15) is 0 Å². The zero-order valence-electron chi connectivity index (χ0n) is 10.3. The van der Waals surface area contributed by atoms with Crippen LogP contribution >= 0.6 is 0 Å². The molecular formula is C14H20FN. The molecule has 1 nitrogen and oxygen atoms in total. The van der Waals surface area contributed by atoms with Crippen LogP contribution in [0.3, 0.4) is 0 Å². The highest BCUT2D eigenvalue weighted by Crippen LogP contribution is 2.25. The number of allylic oxidation sites excluding steroid dienone is 1. The van der Waals surface area contributed by atoms with Gasteiger partial charge in [0.2, 0.25) is 0 Å². The molecule has 1 aromatic carbocycles. The molecule has 88 valence electrons. The lowest BCUT2D eigenvalue weighted by Gasteiger charge is -2.13. The van der Waals surface area contributed by atoms with Gasteiger partial charge in [-0.25, -0.2) is 4.39 Å². The van der Waals surface area contributed by atoms with Crippen LogP contribution in [0.15, 0.2) is 24.3 Å². The average Bonchev–Trinajstić information content (AvgIpc) is 2.23. The van der Waals surface area contributed by atoms with Crippen molar-refractivity contribution in [2.45, 2.75) is 27.2 Å². The molecule has 2 heteroatoms. The van der Waals surface area contributed by atoms with Crippen LogP contribution in [0, 0.1) is 18.7 Å². The summed E-state index contributed by atoms with van der Waals surface area (Å²) in [4.78, 5) is 0. The second kappa shape index (κ2) is 5.80. The van der Waals surface area contributed by atoms with E-state index in [4.69, 9.17) is 5.73 Å². The van der Waals surface area contributed by atoms with Crippen molar-refractivity contribution in [1.29, 1.82) is 0 Å². The molecule has 0 aliphatic heterocycles. The molecule has 0 spiro atoms. The van der Waals surface area contributed by atoms with Gasteiger partial charge in [-0.1, -0.05) is 26.0 Å². The molecule has 1 aromatic rings. The summed E-state index contributed by atoms with van der Waals surface area (Å²) in [6.45, 7) is 6.72. The Morgan fingerprint density at radius 2 is 2.12 bits per heavy atom. The fraction of sp³-hybridized carbons (Fsp3) is 0.429. The highest BCUT2D eigenvalue weighted by Gasteiger charge is 2.07. The van der Waals surface area contributed by atoms with Gasteiger partial charge in [-0.15, -0.1) is 0 Å². The predicted molar refractivity (Wildman–Crippen MR) is 67.6 cm³/mol. The Morgan fingerprint density at radius 3 is 2.62 bits per heavy atom. The first kappa shape index (κ1) is 12.9. The summed E-state index contributed by atoms with van der Waals surface area (Å²) in [5, 5.41) is 0. The minimum atomic E-state index is -0.148. The second-order valence-electron chi connectivity index (χ2n) is 4.36. The SMILES string of the molecule is Cc1cc(/C(=C/CCN)C(C)C)ccc1F. The first-order chi connectivity index (χ1) is 7.56. The summed E-state index contributed by atoms with van der Waals surface area (Å²) in [6, 6.07) is 5.27. The van der Waals surface area contributed by atoms with Crippen LogP contribution < -0.4 is 5.73 Å². The first-order valence-electron chi connectivity index (χ1n) is 5.73. The van der Waals surface area contributed by atoms with Gasteiger partial charge >= 0.3 is 0 Å². The highest BCUT2D eigenvalue weighted by molar-refractivity contribution is 5.67. The van der Waals surface area contributed by atoms with Crippen molar-refractivity contribution < 1.29 is 4.39 Å². The van der Waals surface area contributed by atoms with Gasteiger partial charge in [0.1, 0.15) is 5.82 Å². The number of nitrogens with two attached hydrogens (primary N) is 1. The van der Waals surface area contributed by atoms with E-state index in [2.05, 4.69) is 19.9 Å². The monoisotopic (exact) mass is 221 g/mol. The van der Waals surface area contributed by atoms with E-state index in [-0.39, 0.29) is 5.82 Å². The van der Waals surface area contributed by atoms with Gasteiger partial charge in [0.05, 0.1) is 0 Å². The third-order valence-electron chi connectivity index (χ3n) is 2.64. The lowest BCUT2D eigenvalue weighted by Crippen LogP contribution is -2.00. The Bertz CT molecular complexity index is 380. The van der Waals surface area contributed by atoms with Crippen molar-refractivity contribution in [1.82, 2.24) is 0 Å². The lowest BCUT2D eigenvalue weighted by molar-refractivity contribution is 0.618. The molecule has 16 heavy (non-hydrogen) atoms. The maximum atomic E-state index is 13.2. The molecule has 0 aliphatic rings. The van der Waals surface area contributed by atoms with Crippen LogP contribution in [0.4, 0.5) is 4.39 Å². The second-order valence-corrected chi connectivity index (χ2v) is 4.36. The van der Waals surface area contributed by atoms with Crippen molar-refractivity contribution in [3.63, 3.8) is 0 Å². The third kappa shape index (κ3) is 3.17. The van der Waals surface area contributed by atoms with Gasteiger partial charge in [0, 0.05) is 0 Å². The zero-order valence-corrected chi connectivity index (χ0v) is 10.3. The molecule has 2 N–H and O–H groups in total. The Hall–Kier alpha value is -1.15. The number of halogens is 1. The van der Waals surface area contributed by atoms with Gasteiger partial charge in [0.25, 0.3) is 0 Å². The first-order valence-corrected chi connectivity index (χ1v) is 5.73. The molecule has 0 aromatic heterocycles. The van der Waals surface area contributed by atoms with Crippen LogP contribution in [-0.2, 0) is 0 Å². The third-order valence-corrected chi connectivity index (χ3v) is 2.64. The lowest BCUT2D eigenvalue weighted by atomic mass is 9.93. The van der Waals surface area contributed by atoms with E-state index in [1.165, 1.54) is 11.6 Å². The molecule has 1 rings (SSSR count). The number of benzene rings is 1. The van der Waals surface area contributed by atoms with Gasteiger partial charge in [-0.3, -0.25) is 0 Å². The molecule has 0 unspecified atom stereocenters. The molecule has 0 fully saturated rings. The molecule has 0 saturated heterocycles. The number of rotatable bonds is 4. The van der Waals surface area contributed by atoms with E-state index in [1.807, 2.05) is 12.1 Å². The van der Waals surface area contributed by atoms with Crippen LogP contribution in [0.2, 0.25) is 0 Å². The molecule has 0 atom stereocenters. The quantitative estimate of drug-likeness (QED) is 0.827. The van der Waals surface area contributed by atoms with Gasteiger partial charge in [-0.05, 0) is 54.6 Å². The average molecular weight is 221 g/mol. The standard InChI is InChI=1S/C14H20FN/c1-10(2)13(5-4-8-16)12-6-7-14(15)11(3)9-12/h5-7,9-10H,4,8,16H2,1-3H3/b13-5+. The summed E-state index contributed by atoms with van der Waals surface area (Å²) in [5.74, 6) is 0.280. The van der Waals surface area contributed by atoms with Gasteiger partial charge in [0.15, 0.2) is 0 Å². The predicted octanol–water partition coefficient (Wildman–Crippen LogP) is 3.52. The largest absolute Gasteiger partial charge is 0.330 e. The van der Waals surface area contributed by atoms with Gasteiger partial charge < -0.3 is 5.73 Å². The Balaban J connectivity index is 3.06. The number of hydrogen-bond acceptors (Lipinski definition) is 1. The van der Waals surface area contributed by atoms with Crippen molar-refractivity contribution >= 4 is 5.57 Å². The summed E-state index contributed by atoms with van der Waals surface area (Å²) in [6.07, 6.45) is 3.02. The molecular weight excluding hydrogens is 201 g/mol. The number of hydrogen-bond donors (Lipinski definition) is 1. The Kier molecular flexibility index (Phi) is 4.69. The normalized spacial score (nSPS) is 12.2. The maximum Gasteiger partial charge on any atom is 0.126 e. The minimum absolute atomic E-state index is 0.148. The maximum absolute atomic E-state index is 13.2. The van der Waals surface area contributed by atoms with Crippen LogP contribution in [0.25, 0.3) is 5.57 Å². The topological polar surface area (TPSA) is 26.0 Å². The zero-order chi connectivity index (χ0) is 12.1. The van der Waals surface area contributed by atoms with E-state index in [0.717, 1.165) is 12.0 Å². The summed E-state index contributed by atoms with van der Waals surface area (Å²) >= 11 is 0. The van der Waals surface area contributed by atoms with E-state index >= 15 is 0 Å². The van der Waals surface area contributed by atoms with Crippen molar-refractivity contribution in [2.75, 3.05) is 6.54 Å². The molecule has 0 aliphatic carbocycles. The van der Waals surface area contributed by atoms with Crippen LogP contribution in [0.1, 0.15) is 31.4 Å². The summed E-state index contributed by atoms with van der Waals surface area (Å²) in [5.41, 5.74) is 8.54. The molecule has 0 heterocycles.